The van der Waals surface area contributed by atoms with Crippen LogP contribution in [-0.2, 0) is 0 Å². The molecule has 0 aliphatic heterocycles. The Hall–Kier alpha value is -19.9. The SMILES string of the molecule is c1ccc(-c2ccc(-n3c4ccc(-c5ccccc5)cc4c4cc(-c5ccc6c7ccccc7n(-c7ccccc7)c6c5)ccc43)cc2)cc1.c1ccc(-c2ccc(-n3c4ccccc4c4ccc(-c5ccc6c(c5)c5cc(-c7ccccc7)ccc5n6-c5ccccc5)cc43)cc2)cc1.c1ccc(-c2cccc(-n3c4ccc(-c5ccccc5)cc4c4cc(-c5ccc6c7ccccc7n(-c7ccccc7)c6c5)ccc43)c2)cc1. The number of aromatic nitrogens is 6. The monoisotopic (exact) mass is 1910 g/mol. The molecule has 30 aromatic rings. The fourth-order valence-corrected chi connectivity index (χ4v) is 23.2. The van der Waals surface area contributed by atoms with Gasteiger partial charge in [0.2, 0.25) is 0 Å². The molecule has 30 rings (SSSR count). The lowest BCUT2D eigenvalue weighted by Crippen LogP contribution is -1.94. The fourth-order valence-electron chi connectivity index (χ4n) is 23.2. The van der Waals surface area contributed by atoms with Crippen molar-refractivity contribution < 1.29 is 0 Å². The van der Waals surface area contributed by atoms with Gasteiger partial charge in [0.15, 0.2) is 0 Å². The van der Waals surface area contributed by atoms with Crippen molar-refractivity contribution in [3.63, 3.8) is 0 Å². The molecule has 6 heteroatoms. The van der Waals surface area contributed by atoms with E-state index in [2.05, 4.69) is 610 Å². The van der Waals surface area contributed by atoms with Gasteiger partial charge in [0, 0.05) is 98.8 Å². The van der Waals surface area contributed by atoms with E-state index in [4.69, 9.17) is 0 Å². The van der Waals surface area contributed by atoms with E-state index in [9.17, 15) is 0 Å². The predicted octanol–water partition coefficient (Wildman–Crippen LogP) is 38.6. The van der Waals surface area contributed by atoms with Crippen LogP contribution in [0.4, 0.5) is 0 Å². The molecule has 24 aromatic carbocycles. The van der Waals surface area contributed by atoms with Crippen molar-refractivity contribution >= 4 is 131 Å². The third kappa shape index (κ3) is 15.6. The molecular formula is C144H96N6. The number of rotatable bonds is 15. The predicted molar refractivity (Wildman–Crippen MR) is 634 cm³/mol. The normalized spacial score (nSPS) is 11.6. The Morgan fingerprint density at radius 1 is 0.0733 bits per heavy atom. The highest BCUT2D eigenvalue weighted by Crippen LogP contribution is 2.47. The lowest BCUT2D eigenvalue weighted by atomic mass is 9.99. The third-order valence-electron chi connectivity index (χ3n) is 30.4. The van der Waals surface area contributed by atoms with Gasteiger partial charge >= 0.3 is 0 Å². The van der Waals surface area contributed by atoms with Gasteiger partial charge in [-0.05, 0) is 282 Å². The van der Waals surface area contributed by atoms with Crippen LogP contribution in [0.1, 0.15) is 0 Å². The molecule has 0 saturated heterocycles. The van der Waals surface area contributed by atoms with Crippen molar-refractivity contribution in [3.05, 3.63) is 582 Å². The molecule has 6 heterocycles. The molecule has 0 bridgehead atoms. The summed E-state index contributed by atoms with van der Waals surface area (Å²) >= 11 is 0. The van der Waals surface area contributed by atoms with Gasteiger partial charge in [-0.2, -0.15) is 0 Å². The van der Waals surface area contributed by atoms with Gasteiger partial charge in [0.05, 0.1) is 66.2 Å². The molecular weight excluding hydrogens is 1810 g/mol. The van der Waals surface area contributed by atoms with E-state index in [1.165, 1.54) is 242 Å². The molecule has 702 valence electrons. The topological polar surface area (TPSA) is 29.6 Å². The Bertz CT molecular complexity index is 10400. The Labute approximate surface area is 868 Å². The van der Waals surface area contributed by atoms with Crippen molar-refractivity contribution in [2.24, 2.45) is 0 Å². The standard InChI is InChI=1S/3C48H32N2/c1-4-13-33(14-5-1)35-17-12-20-40(29-35)50-46-27-24-36(34-15-6-2-7-16-34)30-43(46)44-31-37(25-28-47(44)50)38-23-26-42-41-21-10-11-22-45(41)49(48(42)32-38)39-18-8-3-9-19-39;1-4-12-33(13-5-1)35-20-25-40(26-21-35)49-46-28-23-36(34-14-6-2-7-15-34)30-43(46)44-31-37(24-29-47(44)49)38-22-27-42-41-18-10-11-19-45(41)50(48(42)32-38)39-16-8-3-9-17-39;1-4-12-33(13-5-1)35-20-25-40(26-21-35)50-45-19-11-10-18-41(45)42-27-22-38(32-48(42)50)37-24-29-47-44(31-37)43-30-36(34-14-6-2-7-15-34)23-28-46(43)49(47)39-16-8-3-9-17-39/h3*1-32H. The zero-order chi connectivity index (χ0) is 99.1. The fraction of sp³-hybridized carbons (Fsp3) is 0. The summed E-state index contributed by atoms with van der Waals surface area (Å²) in [7, 11) is 0. The van der Waals surface area contributed by atoms with Crippen molar-refractivity contribution in [2.45, 2.75) is 0 Å². The summed E-state index contributed by atoms with van der Waals surface area (Å²) in [6, 6.07) is 211. The first-order chi connectivity index (χ1) is 74.4. The maximum atomic E-state index is 2.42. The lowest BCUT2D eigenvalue weighted by molar-refractivity contribution is 1.18. The molecule has 0 saturated carbocycles. The summed E-state index contributed by atoms with van der Waals surface area (Å²) in [4.78, 5) is 0. The minimum Gasteiger partial charge on any atom is -0.309 e. The first kappa shape index (κ1) is 87.8. The van der Waals surface area contributed by atoms with Crippen LogP contribution >= 0.6 is 0 Å². The van der Waals surface area contributed by atoms with Crippen LogP contribution in [0.5, 0.6) is 0 Å². The molecule has 0 spiro atoms. The maximum Gasteiger partial charge on any atom is 0.0547 e. The second-order valence-corrected chi connectivity index (χ2v) is 39.0. The second-order valence-electron chi connectivity index (χ2n) is 39.0. The van der Waals surface area contributed by atoms with Gasteiger partial charge in [0.1, 0.15) is 0 Å². The molecule has 6 nitrogen and oxygen atoms in total. The number of hydrogen-bond acceptors (Lipinski definition) is 0. The largest absolute Gasteiger partial charge is 0.309 e. The number of hydrogen-bond donors (Lipinski definition) is 0. The Morgan fingerprint density at radius 3 is 0.493 bits per heavy atom. The van der Waals surface area contributed by atoms with Gasteiger partial charge < -0.3 is 27.4 Å². The van der Waals surface area contributed by atoms with Gasteiger partial charge in [-0.25, -0.2) is 0 Å². The average molecular weight is 1910 g/mol. The molecule has 0 N–H and O–H groups in total. The van der Waals surface area contributed by atoms with E-state index in [-0.39, 0.29) is 0 Å². The Kier molecular flexibility index (Phi) is 21.9. The summed E-state index contributed by atoms with van der Waals surface area (Å²) in [6.07, 6.45) is 0. The summed E-state index contributed by atoms with van der Waals surface area (Å²) in [5, 5.41) is 15.0. The molecule has 0 fully saturated rings. The van der Waals surface area contributed by atoms with E-state index in [0.29, 0.717) is 0 Å². The Balaban J connectivity index is 0.000000108. The number of fused-ring (bicyclic) bond motifs is 18. The molecule has 0 aliphatic carbocycles. The first-order valence-corrected chi connectivity index (χ1v) is 51.6. The molecule has 0 radical (unpaired) electrons. The van der Waals surface area contributed by atoms with Crippen molar-refractivity contribution in [1.82, 2.24) is 27.4 Å². The summed E-state index contributed by atoms with van der Waals surface area (Å²) in [5.74, 6) is 0. The van der Waals surface area contributed by atoms with Gasteiger partial charge in [-0.15, -0.1) is 0 Å². The van der Waals surface area contributed by atoms with Gasteiger partial charge in [0.25, 0.3) is 0 Å². The highest BCUT2D eigenvalue weighted by Gasteiger charge is 2.25. The third-order valence-corrected chi connectivity index (χ3v) is 30.4. The van der Waals surface area contributed by atoms with Crippen LogP contribution in [0.2, 0.25) is 0 Å². The van der Waals surface area contributed by atoms with E-state index in [1.54, 1.807) is 0 Å². The van der Waals surface area contributed by atoms with Gasteiger partial charge in [-0.1, -0.05) is 400 Å². The zero-order valence-corrected chi connectivity index (χ0v) is 82.1. The van der Waals surface area contributed by atoms with E-state index in [0.717, 1.165) is 22.7 Å². The smallest absolute Gasteiger partial charge is 0.0547 e. The highest BCUT2D eigenvalue weighted by atomic mass is 15.0. The van der Waals surface area contributed by atoms with E-state index < -0.39 is 0 Å². The number of nitrogens with zero attached hydrogens (tertiary/aromatic N) is 6. The van der Waals surface area contributed by atoms with Crippen molar-refractivity contribution in [3.8, 4) is 134 Å². The quantitative estimate of drug-likeness (QED) is 0.0979. The van der Waals surface area contributed by atoms with Crippen molar-refractivity contribution in [2.75, 3.05) is 0 Å². The molecule has 0 atom stereocenters. The minimum atomic E-state index is 1.15. The second kappa shape index (κ2) is 37.4. The summed E-state index contributed by atoms with van der Waals surface area (Å²) < 4.78 is 14.4. The lowest BCUT2D eigenvalue weighted by Gasteiger charge is -2.11. The van der Waals surface area contributed by atoms with Crippen LogP contribution < -0.4 is 0 Å². The number of para-hydroxylation sites is 6. The van der Waals surface area contributed by atoms with E-state index >= 15 is 0 Å². The minimum absolute atomic E-state index is 1.15. The molecule has 0 aliphatic rings. The first-order valence-electron chi connectivity index (χ1n) is 51.6. The highest BCUT2D eigenvalue weighted by molar-refractivity contribution is 6.18. The molecule has 6 aromatic heterocycles. The zero-order valence-electron chi connectivity index (χ0n) is 82.1. The summed E-state index contributed by atoms with van der Waals surface area (Å²) in [5.41, 5.74) is 43.2. The molecule has 0 unspecified atom stereocenters. The number of benzene rings is 24. The van der Waals surface area contributed by atoms with Crippen molar-refractivity contribution in [1.29, 1.82) is 0 Å². The van der Waals surface area contributed by atoms with E-state index in [1.807, 2.05) is 0 Å². The van der Waals surface area contributed by atoms with Crippen LogP contribution in [-0.4, -0.2) is 27.4 Å². The summed E-state index contributed by atoms with van der Waals surface area (Å²) in [6.45, 7) is 0. The molecule has 0 amide bonds. The maximum absolute atomic E-state index is 2.42. The van der Waals surface area contributed by atoms with Crippen LogP contribution in [0.25, 0.3) is 265 Å². The average Bonchev–Trinajstić information content (AvgIpc) is 1.61. The van der Waals surface area contributed by atoms with Crippen LogP contribution in [0.15, 0.2) is 582 Å². The van der Waals surface area contributed by atoms with Crippen LogP contribution in [0.3, 0.4) is 0 Å². The molecule has 150 heavy (non-hydrogen) atoms. The van der Waals surface area contributed by atoms with Gasteiger partial charge in [-0.3, -0.25) is 0 Å². The van der Waals surface area contributed by atoms with Crippen LogP contribution in [0, 0.1) is 0 Å². The Morgan fingerprint density at radius 2 is 0.227 bits per heavy atom.